The molecule has 1 amide bonds. The van der Waals surface area contributed by atoms with Gasteiger partial charge in [0.1, 0.15) is 5.65 Å². The number of aliphatic hydroxyl groups excluding tert-OH is 1. The van der Waals surface area contributed by atoms with E-state index in [9.17, 15) is 4.79 Å². The van der Waals surface area contributed by atoms with Crippen molar-refractivity contribution in [3.05, 3.63) is 66.1 Å². The molecule has 0 radical (unpaired) electrons. The molecular weight excluding hydrogens is 322 g/mol. The van der Waals surface area contributed by atoms with Crippen molar-refractivity contribution in [3.8, 4) is 0 Å². The Morgan fingerprint density at radius 1 is 1.21 bits per heavy atom. The molecule has 0 aliphatic carbocycles. The molecular formula is C18H19N3O2S. The molecule has 1 aromatic carbocycles. The SMILES string of the molecule is O=C(NCCCO)c1ccccc1SCc1cn2ccccc2n1. The third kappa shape index (κ3) is 3.96. The number of nitrogens with zero attached hydrogens (tertiary/aromatic N) is 2. The first-order chi connectivity index (χ1) is 11.8. The molecule has 0 aliphatic heterocycles. The van der Waals surface area contributed by atoms with Gasteiger partial charge >= 0.3 is 0 Å². The Morgan fingerprint density at radius 3 is 2.88 bits per heavy atom. The van der Waals surface area contributed by atoms with Crippen molar-refractivity contribution in [2.75, 3.05) is 13.2 Å². The standard InChI is InChI=1S/C18H19N3O2S/c22-11-5-9-19-18(23)15-6-1-2-7-16(15)24-13-14-12-21-10-4-3-8-17(21)20-14/h1-4,6-8,10,12,22H,5,9,11,13H2,(H,19,23). The average molecular weight is 341 g/mol. The molecule has 6 heteroatoms. The third-order valence-corrected chi connectivity index (χ3v) is 4.65. The number of hydrogen-bond acceptors (Lipinski definition) is 4. The van der Waals surface area contributed by atoms with Crippen LogP contribution in [0.1, 0.15) is 22.5 Å². The lowest BCUT2D eigenvalue weighted by atomic mass is 10.2. The second kappa shape index (κ2) is 7.99. The van der Waals surface area contributed by atoms with Crippen LogP contribution < -0.4 is 5.32 Å². The minimum atomic E-state index is -0.110. The molecule has 5 nitrogen and oxygen atoms in total. The molecule has 0 aliphatic rings. The van der Waals surface area contributed by atoms with Crippen molar-refractivity contribution < 1.29 is 9.90 Å². The maximum atomic E-state index is 12.3. The normalized spacial score (nSPS) is 10.9. The molecule has 3 rings (SSSR count). The van der Waals surface area contributed by atoms with Gasteiger partial charge in [-0.1, -0.05) is 18.2 Å². The predicted molar refractivity (Wildman–Crippen MR) is 95.2 cm³/mol. The molecule has 2 aromatic heterocycles. The summed E-state index contributed by atoms with van der Waals surface area (Å²) in [6.07, 6.45) is 4.54. The Morgan fingerprint density at radius 2 is 2.04 bits per heavy atom. The van der Waals surface area contributed by atoms with Gasteiger partial charge in [0.05, 0.1) is 11.3 Å². The molecule has 124 valence electrons. The van der Waals surface area contributed by atoms with Crippen LogP contribution >= 0.6 is 11.8 Å². The Bertz CT molecular complexity index is 799. The maximum Gasteiger partial charge on any atom is 0.252 e. The minimum absolute atomic E-state index is 0.0740. The number of pyridine rings is 1. The van der Waals surface area contributed by atoms with Crippen LogP contribution in [0.5, 0.6) is 0 Å². The number of thioether (sulfide) groups is 1. The summed E-state index contributed by atoms with van der Waals surface area (Å²) in [5, 5.41) is 11.6. The van der Waals surface area contributed by atoms with Crippen LogP contribution in [0.15, 0.2) is 59.8 Å². The largest absolute Gasteiger partial charge is 0.396 e. The number of amides is 1. The summed E-state index contributed by atoms with van der Waals surface area (Å²) in [5.74, 6) is 0.587. The van der Waals surface area contributed by atoms with Crippen LogP contribution in [0.3, 0.4) is 0 Å². The number of carbonyl (C=O) groups excluding carboxylic acids is 1. The predicted octanol–water partition coefficient (Wildman–Crippen LogP) is 2.74. The number of aromatic nitrogens is 2. The van der Waals surface area contributed by atoms with Crippen LogP contribution in [-0.4, -0.2) is 33.6 Å². The van der Waals surface area contributed by atoms with E-state index in [1.807, 2.05) is 59.3 Å². The minimum Gasteiger partial charge on any atom is -0.396 e. The number of benzene rings is 1. The van der Waals surface area contributed by atoms with Crippen molar-refractivity contribution >= 4 is 23.3 Å². The summed E-state index contributed by atoms with van der Waals surface area (Å²) in [5.41, 5.74) is 2.55. The van der Waals surface area contributed by atoms with Crippen LogP contribution in [-0.2, 0) is 5.75 Å². The lowest BCUT2D eigenvalue weighted by Crippen LogP contribution is -2.25. The molecule has 0 fully saturated rings. The zero-order valence-corrected chi connectivity index (χ0v) is 14.0. The topological polar surface area (TPSA) is 66.6 Å². The van der Waals surface area contributed by atoms with Crippen molar-refractivity contribution in [1.82, 2.24) is 14.7 Å². The van der Waals surface area contributed by atoms with E-state index >= 15 is 0 Å². The molecule has 0 spiro atoms. The first kappa shape index (κ1) is 16.5. The Labute approximate surface area is 144 Å². The van der Waals surface area contributed by atoms with Gasteiger partial charge < -0.3 is 14.8 Å². The molecule has 0 bridgehead atoms. The maximum absolute atomic E-state index is 12.3. The Balaban J connectivity index is 1.69. The van der Waals surface area contributed by atoms with E-state index in [4.69, 9.17) is 5.11 Å². The average Bonchev–Trinajstić information content (AvgIpc) is 3.03. The molecule has 0 saturated heterocycles. The summed E-state index contributed by atoms with van der Waals surface area (Å²) in [4.78, 5) is 17.8. The zero-order valence-electron chi connectivity index (χ0n) is 13.2. The second-order valence-corrected chi connectivity index (χ2v) is 6.33. The summed E-state index contributed by atoms with van der Waals surface area (Å²) in [7, 11) is 0. The van der Waals surface area contributed by atoms with Crippen LogP contribution in [0.25, 0.3) is 5.65 Å². The summed E-state index contributed by atoms with van der Waals surface area (Å²) in [6, 6.07) is 13.5. The highest BCUT2D eigenvalue weighted by Crippen LogP contribution is 2.26. The second-order valence-electron chi connectivity index (χ2n) is 5.32. The van der Waals surface area contributed by atoms with E-state index in [1.165, 1.54) is 0 Å². The molecule has 0 unspecified atom stereocenters. The van der Waals surface area contributed by atoms with Crippen molar-refractivity contribution in [1.29, 1.82) is 0 Å². The lowest BCUT2D eigenvalue weighted by Gasteiger charge is -2.09. The van der Waals surface area contributed by atoms with Gasteiger partial charge in [0.2, 0.25) is 0 Å². The number of carbonyl (C=O) groups is 1. The molecule has 2 N–H and O–H groups in total. The van der Waals surface area contributed by atoms with E-state index in [1.54, 1.807) is 11.8 Å². The van der Waals surface area contributed by atoms with Gasteiger partial charge in [0, 0.05) is 36.2 Å². The number of nitrogens with one attached hydrogen (secondary N) is 1. The third-order valence-electron chi connectivity index (χ3n) is 3.54. The molecule has 24 heavy (non-hydrogen) atoms. The van der Waals surface area contributed by atoms with Crippen LogP contribution in [0.2, 0.25) is 0 Å². The Hall–Kier alpha value is -2.31. The molecule has 2 heterocycles. The van der Waals surface area contributed by atoms with Crippen LogP contribution in [0, 0.1) is 0 Å². The molecule has 3 aromatic rings. The fourth-order valence-electron chi connectivity index (χ4n) is 2.36. The number of imidazole rings is 1. The van der Waals surface area contributed by atoms with Crippen LogP contribution in [0.4, 0.5) is 0 Å². The summed E-state index contributed by atoms with van der Waals surface area (Å²) in [6.45, 7) is 0.547. The van der Waals surface area contributed by atoms with Crippen molar-refractivity contribution in [2.24, 2.45) is 0 Å². The summed E-state index contributed by atoms with van der Waals surface area (Å²) >= 11 is 1.60. The lowest BCUT2D eigenvalue weighted by molar-refractivity contribution is 0.0948. The fourth-order valence-corrected chi connectivity index (χ4v) is 3.30. The van der Waals surface area contributed by atoms with E-state index in [0.717, 1.165) is 16.2 Å². The Kier molecular flexibility index (Phi) is 5.51. The van der Waals surface area contributed by atoms with E-state index in [0.29, 0.717) is 24.3 Å². The zero-order chi connectivity index (χ0) is 16.8. The van der Waals surface area contributed by atoms with Gasteiger partial charge in [-0.05, 0) is 30.7 Å². The van der Waals surface area contributed by atoms with Crippen molar-refractivity contribution in [3.63, 3.8) is 0 Å². The fraction of sp³-hybridized carbons (Fsp3) is 0.222. The van der Waals surface area contributed by atoms with Gasteiger partial charge in [-0.3, -0.25) is 4.79 Å². The van der Waals surface area contributed by atoms with E-state index in [2.05, 4.69) is 10.3 Å². The summed E-state index contributed by atoms with van der Waals surface area (Å²) < 4.78 is 1.99. The first-order valence-electron chi connectivity index (χ1n) is 7.81. The van der Waals surface area contributed by atoms with E-state index < -0.39 is 0 Å². The first-order valence-corrected chi connectivity index (χ1v) is 8.80. The molecule has 0 atom stereocenters. The number of fused-ring (bicyclic) bond motifs is 1. The van der Waals surface area contributed by atoms with Gasteiger partial charge in [-0.25, -0.2) is 4.98 Å². The molecule has 0 saturated carbocycles. The van der Waals surface area contributed by atoms with Crippen molar-refractivity contribution in [2.45, 2.75) is 17.1 Å². The highest BCUT2D eigenvalue weighted by atomic mass is 32.2. The number of aliphatic hydroxyl groups is 1. The van der Waals surface area contributed by atoms with Gasteiger partial charge in [0.25, 0.3) is 5.91 Å². The number of rotatable bonds is 7. The van der Waals surface area contributed by atoms with E-state index in [-0.39, 0.29) is 12.5 Å². The smallest absolute Gasteiger partial charge is 0.252 e. The quantitative estimate of drug-likeness (QED) is 0.512. The monoisotopic (exact) mass is 341 g/mol. The highest BCUT2D eigenvalue weighted by Gasteiger charge is 2.11. The van der Waals surface area contributed by atoms with Gasteiger partial charge in [-0.2, -0.15) is 0 Å². The van der Waals surface area contributed by atoms with Gasteiger partial charge in [-0.15, -0.1) is 11.8 Å². The number of hydrogen-bond donors (Lipinski definition) is 2. The van der Waals surface area contributed by atoms with Gasteiger partial charge in [0.15, 0.2) is 0 Å². The highest BCUT2D eigenvalue weighted by molar-refractivity contribution is 7.98.